The zero-order valence-corrected chi connectivity index (χ0v) is 12.2. The van der Waals surface area contributed by atoms with Gasteiger partial charge >= 0.3 is 0 Å². The van der Waals surface area contributed by atoms with Gasteiger partial charge in [-0.25, -0.2) is 0 Å². The first-order chi connectivity index (χ1) is 8.42. The first kappa shape index (κ1) is 13.6. The predicted octanol–water partition coefficient (Wildman–Crippen LogP) is 2.69. The molecule has 1 aromatic carbocycles. The van der Waals surface area contributed by atoms with Crippen LogP contribution < -0.4 is 5.32 Å². The van der Waals surface area contributed by atoms with Gasteiger partial charge in [0, 0.05) is 30.7 Å². The van der Waals surface area contributed by atoms with Crippen molar-refractivity contribution in [3.05, 3.63) is 35.9 Å². The third-order valence-corrected chi connectivity index (χ3v) is 4.04. The molecule has 2 heteroatoms. The third-order valence-electron chi connectivity index (χ3n) is 4.04. The van der Waals surface area contributed by atoms with E-state index in [0.29, 0.717) is 0 Å². The lowest BCUT2D eigenvalue weighted by Gasteiger charge is -2.53. The minimum Gasteiger partial charge on any atom is -0.313 e. The first-order valence-electron chi connectivity index (χ1n) is 6.94. The third kappa shape index (κ3) is 2.93. The fraction of sp³-hybridized carbons (Fsp3) is 0.625. The second kappa shape index (κ2) is 5.02. The van der Waals surface area contributed by atoms with Crippen LogP contribution in [0, 0.1) is 0 Å². The Morgan fingerprint density at radius 3 is 2.11 bits per heavy atom. The van der Waals surface area contributed by atoms with Crippen molar-refractivity contribution >= 4 is 0 Å². The molecule has 0 atom stereocenters. The van der Waals surface area contributed by atoms with E-state index in [1.165, 1.54) is 5.56 Å². The quantitative estimate of drug-likeness (QED) is 0.882. The van der Waals surface area contributed by atoms with Gasteiger partial charge in [0.2, 0.25) is 0 Å². The standard InChI is InChI=1S/C16H26N2/c1-15(2)12-17-13-16(3,4)18(15)11-10-14-8-6-5-7-9-14/h5-9,17H,10-13H2,1-4H3. The van der Waals surface area contributed by atoms with E-state index in [4.69, 9.17) is 0 Å². The van der Waals surface area contributed by atoms with Gasteiger partial charge in [-0.05, 0) is 39.7 Å². The van der Waals surface area contributed by atoms with Crippen molar-refractivity contribution < 1.29 is 0 Å². The molecular formula is C16H26N2. The molecule has 2 nitrogen and oxygen atoms in total. The van der Waals surface area contributed by atoms with Gasteiger partial charge in [-0.15, -0.1) is 0 Å². The molecule has 0 aromatic heterocycles. The maximum atomic E-state index is 3.55. The first-order valence-corrected chi connectivity index (χ1v) is 6.94. The molecule has 1 aliphatic heterocycles. The number of benzene rings is 1. The van der Waals surface area contributed by atoms with Crippen molar-refractivity contribution in [1.82, 2.24) is 10.2 Å². The topological polar surface area (TPSA) is 15.3 Å². The monoisotopic (exact) mass is 246 g/mol. The van der Waals surface area contributed by atoms with Crippen LogP contribution >= 0.6 is 0 Å². The van der Waals surface area contributed by atoms with Crippen molar-refractivity contribution in [3.63, 3.8) is 0 Å². The summed E-state index contributed by atoms with van der Waals surface area (Å²) in [5.74, 6) is 0. The highest BCUT2D eigenvalue weighted by atomic mass is 15.3. The highest BCUT2D eigenvalue weighted by Crippen LogP contribution is 2.28. The van der Waals surface area contributed by atoms with E-state index in [1.807, 2.05) is 0 Å². The number of piperazine rings is 1. The van der Waals surface area contributed by atoms with Gasteiger partial charge < -0.3 is 5.32 Å². The van der Waals surface area contributed by atoms with Crippen LogP contribution in [0.1, 0.15) is 33.3 Å². The van der Waals surface area contributed by atoms with Crippen LogP contribution in [0.5, 0.6) is 0 Å². The summed E-state index contributed by atoms with van der Waals surface area (Å²) in [4.78, 5) is 2.66. The largest absolute Gasteiger partial charge is 0.313 e. The smallest absolute Gasteiger partial charge is 0.0283 e. The molecule has 0 amide bonds. The van der Waals surface area contributed by atoms with Gasteiger partial charge in [-0.2, -0.15) is 0 Å². The van der Waals surface area contributed by atoms with Crippen molar-refractivity contribution in [2.45, 2.75) is 45.2 Å². The summed E-state index contributed by atoms with van der Waals surface area (Å²) in [6.07, 6.45) is 1.13. The summed E-state index contributed by atoms with van der Waals surface area (Å²) < 4.78 is 0. The summed E-state index contributed by atoms with van der Waals surface area (Å²) in [5, 5.41) is 3.55. The van der Waals surface area contributed by atoms with E-state index in [1.54, 1.807) is 0 Å². The molecule has 1 aliphatic rings. The Labute approximate surface area is 111 Å². The molecule has 1 aromatic rings. The van der Waals surface area contributed by atoms with E-state index in [2.05, 4.69) is 68.2 Å². The van der Waals surface area contributed by atoms with E-state index < -0.39 is 0 Å². The lowest BCUT2D eigenvalue weighted by atomic mass is 9.88. The molecule has 1 saturated heterocycles. The molecule has 100 valence electrons. The number of hydrogen-bond acceptors (Lipinski definition) is 2. The second-order valence-corrected chi connectivity index (χ2v) is 6.62. The van der Waals surface area contributed by atoms with Crippen LogP contribution in [0.2, 0.25) is 0 Å². The molecule has 1 fully saturated rings. The van der Waals surface area contributed by atoms with E-state index in [0.717, 1.165) is 26.1 Å². The SMILES string of the molecule is CC1(C)CNCC(C)(C)N1CCc1ccccc1. The zero-order chi connectivity index (χ0) is 13.2. The van der Waals surface area contributed by atoms with Crippen LogP contribution in [-0.2, 0) is 6.42 Å². The Bertz CT molecular complexity index is 365. The highest BCUT2D eigenvalue weighted by Gasteiger charge is 2.40. The average molecular weight is 246 g/mol. The van der Waals surface area contributed by atoms with Gasteiger partial charge in [0.05, 0.1) is 0 Å². The summed E-state index contributed by atoms with van der Waals surface area (Å²) in [6.45, 7) is 12.6. The molecule has 0 aliphatic carbocycles. The van der Waals surface area contributed by atoms with E-state index >= 15 is 0 Å². The fourth-order valence-electron chi connectivity index (χ4n) is 3.18. The Balaban J connectivity index is 2.05. The molecule has 0 radical (unpaired) electrons. The van der Waals surface area contributed by atoms with E-state index in [-0.39, 0.29) is 11.1 Å². The molecule has 0 bridgehead atoms. The summed E-state index contributed by atoms with van der Waals surface area (Å²) in [6, 6.07) is 10.8. The zero-order valence-electron chi connectivity index (χ0n) is 12.2. The molecular weight excluding hydrogens is 220 g/mol. The van der Waals surface area contributed by atoms with Crippen LogP contribution in [-0.4, -0.2) is 35.6 Å². The maximum Gasteiger partial charge on any atom is 0.0283 e. The van der Waals surface area contributed by atoms with Crippen molar-refractivity contribution in [3.8, 4) is 0 Å². The van der Waals surface area contributed by atoms with E-state index in [9.17, 15) is 0 Å². The van der Waals surface area contributed by atoms with Crippen molar-refractivity contribution in [2.75, 3.05) is 19.6 Å². The van der Waals surface area contributed by atoms with Crippen LogP contribution in [0.4, 0.5) is 0 Å². The summed E-state index contributed by atoms with van der Waals surface area (Å²) in [5.41, 5.74) is 1.90. The van der Waals surface area contributed by atoms with Gasteiger partial charge in [0.1, 0.15) is 0 Å². The summed E-state index contributed by atoms with van der Waals surface area (Å²) in [7, 11) is 0. The van der Waals surface area contributed by atoms with Gasteiger partial charge in [-0.3, -0.25) is 4.90 Å². The van der Waals surface area contributed by atoms with Crippen LogP contribution in [0.25, 0.3) is 0 Å². The second-order valence-electron chi connectivity index (χ2n) is 6.62. The summed E-state index contributed by atoms with van der Waals surface area (Å²) >= 11 is 0. The van der Waals surface area contributed by atoms with Gasteiger partial charge in [0.15, 0.2) is 0 Å². The minimum atomic E-state index is 0.233. The fourth-order valence-corrected chi connectivity index (χ4v) is 3.18. The molecule has 1 heterocycles. The molecule has 2 rings (SSSR count). The average Bonchev–Trinajstić information content (AvgIpc) is 2.28. The number of nitrogens with zero attached hydrogens (tertiary/aromatic N) is 1. The highest BCUT2D eigenvalue weighted by molar-refractivity contribution is 5.15. The predicted molar refractivity (Wildman–Crippen MR) is 77.9 cm³/mol. The van der Waals surface area contributed by atoms with Crippen LogP contribution in [0.3, 0.4) is 0 Å². The Morgan fingerprint density at radius 1 is 1.00 bits per heavy atom. The molecule has 1 N–H and O–H groups in total. The van der Waals surface area contributed by atoms with Crippen molar-refractivity contribution in [2.24, 2.45) is 0 Å². The molecule has 0 saturated carbocycles. The molecule has 18 heavy (non-hydrogen) atoms. The normalized spacial score (nSPS) is 22.9. The lowest BCUT2D eigenvalue weighted by molar-refractivity contribution is -0.0117. The minimum absolute atomic E-state index is 0.233. The number of rotatable bonds is 3. The van der Waals surface area contributed by atoms with Gasteiger partial charge in [0.25, 0.3) is 0 Å². The number of nitrogens with one attached hydrogen (secondary N) is 1. The van der Waals surface area contributed by atoms with Crippen LogP contribution in [0.15, 0.2) is 30.3 Å². The lowest BCUT2D eigenvalue weighted by Crippen LogP contribution is -2.67. The Kier molecular flexibility index (Phi) is 3.79. The molecule has 0 unspecified atom stereocenters. The Hall–Kier alpha value is -0.860. The Morgan fingerprint density at radius 2 is 1.56 bits per heavy atom. The van der Waals surface area contributed by atoms with Crippen molar-refractivity contribution in [1.29, 1.82) is 0 Å². The maximum absolute atomic E-state index is 3.55. The van der Waals surface area contributed by atoms with Gasteiger partial charge in [-0.1, -0.05) is 30.3 Å². The molecule has 0 spiro atoms. The number of hydrogen-bond donors (Lipinski definition) is 1.